The normalized spacial score (nSPS) is 16.4. The Hall–Kier alpha value is -2.04. The minimum atomic E-state index is -0.0306. The smallest absolute Gasteiger partial charge is 0.267 e. The summed E-state index contributed by atoms with van der Waals surface area (Å²) in [6.45, 7) is 1.65. The second-order valence-electron chi connectivity index (χ2n) is 5.00. The molecule has 1 saturated carbocycles. The monoisotopic (exact) mass is 244 g/mol. The molecule has 2 N–H and O–H groups in total. The summed E-state index contributed by atoms with van der Waals surface area (Å²) >= 11 is 0. The zero-order valence-electron chi connectivity index (χ0n) is 10.1. The summed E-state index contributed by atoms with van der Waals surface area (Å²) in [4.78, 5) is 18.8. The minimum Gasteiger partial charge on any atom is -0.357 e. The van der Waals surface area contributed by atoms with Gasteiger partial charge in [-0.15, -0.1) is 0 Å². The van der Waals surface area contributed by atoms with Gasteiger partial charge in [0.2, 0.25) is 0 Å². The minimum absolute atomic E-state index is 0.0306. The summed E-state index contributed by atoms with van der Waals surface area (Å²) in [5.74, 6) is -0.0306. The van der Waals surface area contributed by atoms with Crippen molar-refractivity contribution in [3.63, 3.8) is 0 Å². The molecule has 5 nitrogen and oxygen atoms in total. The van der Waals surface area contributed by atoms with Gasteiger partial charge in [-0.2, -0.15) is 0 Å². The molecule has 0 radical (unpaired) electrons. The Labute approximate surface area is 105 Å². The van der Waals surface area contributed by atoms with Crippen molar-refractivity contribution in [1.29, 1.82) is 0 Å². The molecule has 0 bridgehead atoms. The second-order valence-corrected chi connectivity index (χ2v) is 5.00. The van der Waals surface area contributed by atoms with E-state index in [0.29, 0.717) is 5.69 Å². The average Bonchev–Trinajstić information content (AvgIpc) is 2.84. The number of aromatic nitrogens is 3. The van der Waals surface area contributed by atoms with Gasteiger partial charge in [0.1, 0.15) is 5.69 Å². The number of rotatable bonds is 5. The summed E-state index contributed by atoms with van der Waals surface area (Å²) in [6, 6.07) is 3.61. The Morgan fingerprint density at radius 3 is 3.06 bits per heavy atom. The van der Waals surface area contributed by atoms with Crippen LogP contribution in [0.2, 0.25) is 0 Å². The van der Waals surface area contributed by atoms with Crippen LogP contribution >= 0.6 is 0 Å². The van der Waals surface area contributed by atoms with Gasteiger partial charge in [0, 0.05) is 37.1 Å². The Kier molecular flexibility index (Phi) is 2.66. The summed E-state index contributed by atoms with van der Waals surface area (Å²) < 4.78 is 2.08. The van der Waals surface area contributed by atoms with Crippen LogP contribution in [0.25, 0.3) is 0 Å². The fourth-order valence-corrected chi connectivity index (χ4v) is 2.17. The van der Waals surface area contributed by atoms with Gasteiger partial charge >= 0.3 is 0 Å². The lowest BCUT2D eigenvalue weighted by atomic mass is 10.1. The Balaban J connectivity index is 1.55. The highest BCUT2D eigenvalue weighted by Gasteiger charge is 2.43. The van der Waals surface area contributed by atoms with Gasteiger partial charge in [-0.1, -0.05) is 0 Å². The number of nitrogens with zero attached hydrogens (tertiary/aromatic N) is 2. The quantitative estimate of drug-likeness (QED) is 0.835. The lowest BCUT2D eigenvalue weighted by Gasteiger charge is -2.16. The van der Waals surface area contributed by atoms with Gasteiger partial charge < -0.3 is 14.9 Å². The number of aromatic amines is 1. The van der Waals surface area contributed by atoms with E-state index in [0.717, 1.165) is 25.9 Å². The standard InChI is InChI=1S/C13H16N4O/c18-12(11-2-1-5-15-11)16-8-13(3-4-13)9-17-7-6-14-10-17/h1-2,5-7,10,15H,3-4,8-9H2,(H,16,18). The Morgan fingerprint density at radius 2 is 2.44 bits per heavy atom. The molecule has 2 aromatic heterocycles. The average molecular weight is 244 g/mol. The topological polar surface area (TPSA) is 62.7 Å². The van der Waals surface area contributed by atoms with Crippen molar-refractivity contribution in [2.24, 2.45) is 5.41 Å². The predicted molar refractivity (Wildman–Crippen MR) is 67.0 cm³/mol. The molecule has 1 aliphatic carbocycles. The first-order valence-electron chi connectivity index (χ1n) is 6.15. The molecule has 0 saturated heterocycles. The largest absolute Gasteiger partial charge is 0.357 e. The van der Waals surface area contributed by atoms with Crippen LogP contribution in [0.3, 0.4) is 0 Å². The third-order valence-electron chi connectivity index (χ3n) is 3.50. The zero-order valence-corrected chi connectivity index (χ0v) is 10.1. The van der Waals surface area contributed by atoms with E-state index in [4.69, 9.17) is 0 Å². The third kappa shape index (κ3) is 2.30. The number of nitrogens with one attached hydrogen (secondary N) is 2. The predicted octanol–water partition coefficient (Wildman–Crippen LogP) is 1.42. The van der Waals surface area contributed by atoms with Gasteiger partial charge in [0.15, 0.2) is 0 Å². The first-order valence-corrected chi connectivity index (χ1v) is 6.15. The van der Waals surface area contributed by atoms with Crippen LogP contribution in [-0.4, -0.2) is 27.0 Å². The van der Waals surface area contributed by atoms with Crippen LogP contribution in [0.5, 0.6) is 0 Å². The van der Waals surface area contributed by atoms with Crippen LogP contribution in [-0.2, 0) is 6.54 Å². The summed E-state index contributed by atoms with van der Waals surface area (Å²) in [5.41, 5.74) is 0.844. The zero-order chi connectivity index (χ0) is 12.4. The molecule has 2 aromatic rings. The number of carbonyl (C=O) groups is 1. The molecule has 0 atom stereocenters. The number of carbonyl (C=O) groups excluding carboxylic acids is 1. The molecular formula is C13H16N4O. The summed E-state index contributed by atoms with van der Waals surface area (Å²) in [5, 5.41) is 3.00. The first-order chi connectivity index (χ1) is 8.77. The molecule has 1 amide bonds. The van der Waals surface area contributed by atoms with E-state index in [1.54, 1.807) is 18.5 Å². The van der Waals surface area contributed by atoms with E-state index in [1.807, 2.05) is 18.6 Å². The van der Waals surface area contributed by atoms with Crippen molar-refractivity contribution < 1.29 is 4.79 Å². The molecular weight excluding hydrogens is 228 g/mol. The van der Waals surface area contributed by atoms with Gasteiger partial charge in [-0.3, -0.25) is 4.79 Å². The van der Waals surface area contributed by atoms with Crippen LogP contribution in [0, 0.1) is 5.41 Å². The fraction of sp³-hybridized carbons (Fsp3) is 0.385. The SMILES string of the molecule is O=C(NCC1(Cn2ccnc2)CC1)c1ccc[nH]1. The highest BCUT2D eigenvalue weighted by atomic mass is 16.1. The third-order valence-corrected chi connectivity index (χ3v) is 3.50. The number of imidazole rings is 1. The van der Waals surface area contributed by atoms with E-state index in [9.17, 15) is 4.79 Å². The number of H-pyrrole nitrogens is 1. The number of amides is 1. The molecule has 2 heterocycles. The van der Waals surface area contributed by atoms with Gasteiger partial charge in [0.25, 0.3) is 5.91 Å². The molecule has 1 fully saturated rings. The lowest BCUT2D eigenvalue weighted by molar-refractivity contribution is 0.0938. The Bertz CT molecular complexity index is 511. The number of hydrogen-bond acceptors (Lipinski definition) is 2. The molecule has 5 heteroatoms. The molecule has 0 aliphatic heterocycles. The maximum absolute atomic E-state index is 11.8. The van der Waals surface area contributed by atoms with Crippen LogP contribution in [0.1, 0.15) is 23.3 Å². The maximum atomic E-state index is 11.8. The summed E-state index contributed by atoms with van der Waals surface area (Å²) in [7, 11) is 0. The van der Waals surface area contributed by atoms with Crippen molar-refractivity contribution in [2.75, 3.05) is 6.54 Å². The van der Waals surface area contributed by atoms with Crippen LogP contribution in [0.4, 0.5) is 0 Å². The molecule has 0 unspecified atom stereocenters. The Morgan fingerprint density at radius 1 is 1.56 bits per heavy atom. The van der Waals surface area contributed by atoms with Gasteiger partial charge in [-0.25, -0.2) is 4.98 Å². The fourth-order valence-electron chi connectivity index (χ4n) is 2.17. The van der Waals surface area contributed by atoms with E-state index >= 15 is 0 Å². The van der Waals surface area contributed by atoms with Gasteiger partial charge in [-0.05, 0) is 25.0 Å². The highest BCUT2D eigenvalue weighted by molar-refractivity contribution is 5.92. The first kappa shape index (κ1) is 11.1. The van der Waals surface area contributed by atoms with Gasteiger partial charge in [0.05, 0.1) is 6.33 Å². The van der Waals surface area contributed by atoms with Crippen molar-refractivity contribution in [3.8, 4) is 0 Å². The molecule has 94 valence electrons. The van der Waals surface area contributed by atoms with Crippen molar-refractivity contribution in [2.45, 2.75) is 19.4 Å². The van der Waals surface area contributed by atoms with Crippen molar-refractivity contribution >= 4 is 5.91 Å². The number of hydrogen-bond donors (Lipinski definition) is 2. The molecule has 18 heavy (non-hydrogen) atoms. The van der Waals surface area contributed by atoms with Crippen LogP contribution < -0.4 is 5.32 Å². The second kappa shape index (κ2) is 4.33. The lowest BCUT2D eigenvalue weighted by Crippen LogP contribution is -2.32. The van der Waals surface area contributed by atoms with E-state index in [-0.39, 0.29) is 11.3 Å². The van der Waals surface area contributed by atoms with Crippen LogP contribution in [0.15, 0.2) is 37.1 Å². The molecule has 0 aromatic carbocycles. The molecule has 0 spiro atoms. The highest BCUT2D eigenvalue weighted by Crippen LogP contribution is 2.46. The van der Waals surface area contributed by atoms with Crippen molar-refractivity contribution in [1.82, 2.24) is 19.9 Å². The molecule has 3 rings (SSSR count). The van der Waals surface area contributed by atoms with E-state index in [1.165, 1.54) is 0 Å². The van der Waals surface area contributed by atoms with E-state index in [2.05, 4.69) is 19.9 Å². The molecule has 1 aliphatic rings. The summed E-state index contributed by atoms with van der Waals surface area (Å²) in [6.07, 6.45) is 9.66. The van der Waals surface area contributed by atoms with E-state index < -0.39 is 0 Å². The van der Waals surface area contributed by atoms with Crippen molar-refractivity contribution in [3.05, 3.63) is 42.7 Å². The maximum Gasteiger partial charge on any atom is 0.267 e.